The van der Waals surface area contributed by atoms with Crippen molar-refractivity contribution in [3.05, 3.63) is 22.8 Å². The summed E-state index contributed by atoms with van der Waals surface area (Å²) in [5.74, 6) is 0.226. The van der Waals surface area contributed by atoms with Crippen LogP contribution < -0.4 is 5.32 Å². The second kappa shape index (κ2) is 3.63. The molecule has 0 aromatic carbocycles. The molecule has 0 saturated heterocycles. The van der Waals surface area contributed by atoms with E-state index < -0.39 is 5.41 Å². The maximum Gasteiger partial charge on any atom is 0.246 e. The zero-order valence-corrected chi connectivity index (χ0v) is 9.41. The Hall–Kier alpha value is -1.41. The van der Waals surface area contributed by atoms with Crippen LogP contribution in [0.5, 0.6) is 0 Å². The van der Waals surface area contributed by atoms with E-state index in [1.165, 1.54) is 0 Å². The molecular weight excluding hydrogens is 258 g/mol. The van der Waals surface area contributed by atoms with Crippen LogP contribution in [0.4, 0.5) is 5.82 Å². The number of aromatic nitrogens is 1. The topological polar surface area (TPSA) is 65.8 Å². The molecule has 76 valence electrons. The van der Waals surface area contributed by atoms with Gasteiger partial charge in [0.25, 0.3) is 0 Å². The van der Waals surface area contributed by atoms with Crippen molar-refractivity contribution in [3.63, 3.8) is 0 Å². The Labute approximate surface area is 95.4 Å². The molecule has 1 heterocycles. The number of amides is 1. The van der Waals surface area contributed by atoms with Gasteiger partial charge in [-0.05, 0) is 40.9 Å². The van der Waals surface area contributed by atoms with Gasteiger partial charge in [0.2, 0.25) is 5.91 Å². The highest BCUT2D eigenvalue weighted by Crippen LogP contribution is 2.45. The fourth-order valence-corrected chi connectivity index (χ4v) is 1.43. The van der Waals surface area contributed by atoms with Crippen LogP contribution in [0.1, 0.15) is 12.8 Å². The summed E-state index contributed by atoms with van der Waals surface area (Å²) in [6.07, 6.45) is 2.89. The van der Waals surface area contributed by atoms with E-state index in [1.807, 2.05) is 6.07 Å². The van der Waals surface area contributed by atoms with Crippen LogP contribution in [-0.2, 0) is 4.79 Å². The number of anilines is 1. The summed E-state index contributed by atoms with van der Waals surface area (Å²) in [7, 11) is 0. The molecule has 1 aromatic heterocycles. The first-order valence-corrected chi connectivity index (χ1v) is 5.30. The lowest BCUT2D eigenvalue weighted by Crippen LogP contribution is -2.23. The summed E-state index contributed by atoms with van der Waals surface area (Å²) in [6.45, 7) is 0. The Morgan fingerprint density at radius 3 is 2.80 bits per heavy atom. The monoisotopic (exact) mass is 265 g/mol. The number of pyridine rings is 1. The molecule has 0 unspecified atom stereocenters. The lowest BCUT2D eigenvalue weighted by Gasteiger charge is -2.06. The van der Waals surface area contributed by atoms with Gasteiger partial charge in [0.15, 0.2) is 0 Å². The van der Waals surface area contributed by atoms with E-state index in [0.717, 1.165) is 4.47 Å². The van der Waals surface area contributed by atoms with Gasteiger partial charge in [-0.25, -0.2) is 4.98 Å². The highest BCUT2D eigenvalue weighted by molar-refractivity contribution is 9.10. The van der Waals surface area contributed by atoms with Crippen LogP contribution in [0.2, 0.25) is 0 Å². The van der Waals surface area contributed by atoms with Crippen molar-refractivity contribution in [2.45, 2.75) is 12.8 Å². The van der Waals surface area contributed by atoms with Gasteiger partial charge < -0.3 is 5.32 Å². The van der Waals surface area contributed by atoms with E-state index >= 15 is 0 Å². The van der Waals surface area contributed by atoms with Crippen LogP contribution in [0, 0.1) is 16.7 Å². The van der Waals surface area contributed by atoms with Gasteiger partial charge in [0, 0.05) is 10.7 Å². The van der Waals surface area contributed by atoms with Gasteiger partial charge in [0.1, 0.15) is 11.2 Å². The standard InChI is InChI=1S/C10H8BrN3O/c11-7-1-2-8(13-5-7)14-9(15)10(6-12)3-4-10/h1-2,5H,3-4H2,(H,13,14,15). The van der Waals surface area contributed by atoms with E-state index in [9.17, 15) is 4.79 Å². The minimum Gasteiger partial charge on any atom is -0.309 e. The Morgan fingerprint density at radius 2 is 2.33 bits per heavy atom. The summed E-state index contributed by atoms with van der Waals surface area (Å²) in [6, 6.07) is 5.51. The molecule has 1 aliphatic carbocycles. The molecule has 5 heteroatoms. The third-order valence-corrected chi connectivity index (χ3v) is 2.84. The second-order valence-electron chi connectivity index (χ2n) is 3.51. The molecule has 1 saturated carbocycles. The fourth-order valence-electron chi connectivity index (χ4n) is 1.20. The average Bonchev–Trinajstić information content (AvgIpc) is 3.02. The normalized spacial score (nSPS) is 16.5. The van der Waals surface area contributed by atoms with Crippen molar-refractivity contribution in [3.8, 4) is 6.07 Å². The van der Waals surface area contributed by atoms with Crippen molar-refractivity contribution in [2.24, 2.45) is 5.41 Å². The molecule has 15 heavy (non-hydrogen) atoms. The maximum absolute atomic E-state index is 11.6. The predicted molar refractivity (Wildman–Crippen MR) is 57.8 cm³/mol. The number of hydrogen-bond acceptors (Lipinski definition) is 3. The molecule has 1 aliphatic rings. The van der Waals surface area contributed by atoms with Crippen LogP contribution in [0.3, 0.4) is 0 Å². The molecule has 0 radical (unpaired) electrons. The molecular formula is C10H8BrN3O. The van der Waals surface area contributed by atoms with Crippen molar-refractivity contribution >= 4 is 27.7 Å². The van der Waals surface area contributed by atoms with Crippen molar-refractivity contribution < 1.29 is 4.79 Å². The van der Waals surface area contributed by atoms with E-state index in [0.29, 0.717) is 18.7 Å². The van der Waals surface area contributed by atoms with Crippen LogP contribution in [0.15, 0.2) is 22.8 Å². The third kappa shape index (κ3) is 2.00. The molecule has 1 fully saturated rings. The van der Waals surface area contributed by atoms with Gasteiger partial charge in [-0.3, -0.25) is 4.79 Å². The van der Waals surface area contributed by atoms with E-state index in [2.05, 4.69) is 26.2 Å². The zero-order valence-electron chi connectivity index (χ0n) is 7.83. The van der Waals surface area contributed by atoms with Crippen LogP contribution in [-0.4, -0.2) is 10.9 Å². The minimum atomic E-state index is -0.797. The van der Waals surface area contributed by atoms with E-state index in [1.54, 1.807) is 18.3 Å². The molecule has 0 bridgehead atoms. The molecule has 1 aromatic rings. The number of nitriles is 1. The Morgan fingerprint density at radius 1 is 1.60 bits per heavy atom. The highest BCUT2D eigenvalue weighted by atomic mass is 79.9. The second-order valence-corrected chi connectivity index (χ2v) is 4.43. The molecule has 2 rings (SSSR count). The smallest absolute Gasteiger partial charge is 0.246 e. The first-order valence-electron chi connectivity index (χ1n) is 4.50. The number of nitrogens with one attached hydrogen (secondary N) is 1. The van der Waals surface area contributed by atoms with Gasteiger partial charge >= 0.3 is 0 Å². The van der Waals surface area contributed by atoms with E-state index in [-0.39, 0.29) is 5.91 Å². The van der Waals surface area contributed by atoms with Crippen molar-refractivity contribution in [1.29, 1.82) is 5.26 Å². The predicted octanol–water partition coefficient (Wildman–Crippen LogP) is 2.09. The lowest BCUT2D eigenvalue weighted by atomic mass is 10.1. The zero-order chi connectivity index (χ0) is 10.9. The summed E-state index contributed by atoms with van der Waals surface area (Å²) >= 11 is 3.25. The average molecular weight is 266 g/mol. The molecule has 0 spiro atoms. The molecule has 4 nitrogen and oxygen atoms in total. The molecule has 0 atom stereocenters. The number of carbonyl (C=O) groups excluding carboxylic acids is 1. The minimum absolute atomic E-state index is 0.250. The Kier molecular flexibility index (Phi) is 2.45. The van der Waals surface area contributed by atoms with Gasteiger partial charge in [-0.2, -0.15) is 5.26 Å². The number of rotatable bonds is 2. The number of hydrogen-bond donors (Lipinski definition) is 1. The quantitative estimate of drug-likeness (QED) is 0.891. The molecule has 1 amide bonds. The molecule has 1 N–H and O–H groups in total. The Balaban J connectivity index is 2.07. The number of nitrogens with zero attached hydrogens (tertiary/aromatic N) is 2. The first kappa shape index (κ1) is 10.1. The summed E-state index contributed by atoms with van der Waals surface area (Å²) in [5.41, 5.74) is -0.797. The van der Waals surface area contributed by atoms with Gasteiger partial charge in [-0.1, -0.05) is 0 Å². The van der Waals surface area contributed by atoms with E-state index in [4.69, 9.17) is 5.26 Å². The molecule has 0 aliphatic heterocycles. The number of carbonyl (C=O) groups is 1. The lowest BCUT2D eigenvalue weighted by molar-refractivity contribution is -0.119. The van der Waals surface area contributed by atoms with Crippen molar-refractivity contribution in [1.82, 2.24) is 4.98 Å². The van der Waals surface area contributed by atoms with Gasteiger partial charge in [0.05, 0.1) is 6.07 Å². The van der Waals surface area contributed by atoms with Crippen LogP contribution in [0.25, 0.3) is 0 Å². The summed E-state index contributed by atoms with van der Waals surface area (Å²) in [4.78, 5) is 15.6. The first-order chi connectivity index (χ1) is 7.16. The highest BCUT2D eigenvalue weighted by Gasteiger charge is 2.50. The Bertz CT molecular complexity index is 431. The van der Waals surface area contributed by atoms with Crippen molar-refractivity contribution in [2.75, 3.05) is 5.32 Å². The van der Waals surface area contributed by atoms with Gasteiger partial charge in [-0.15, -0.1) is 0 Å². The largest absolute Gasteiger partial charge is 0.309 e. The third-order valence-electron chi connectivity index (χ3n) is 2.37. The summed E-state index contributed by atoms with van der Waals surface area (Å²) < 4.78 is 0.849. The maximum atomic E-state index is 11.6. The number of halogens is 1. The summed E-state index contributed by atoms with van der Waals surface area (Å²) in [5, 5.41) is 11.4. The fraction of sp³-hybridized carbons (Fsp3) is 0.300. The SMILES string of the molecule is N#CC1(C(=O)Nc2ccc(Br)cn2)CC1. The van der Waals surface area contributed by atoms with Crippen LogP contribution >= 0.6 is 15.9 Å².